The van der Waals surface area contributed by atoms with Gasteiger partial charge in [0.05, 0.1) is 12.0 Å². The molecule has 5 unspecified atom stereocenters. The molecule has 102 valence electrons. The molecule has 1 aliphatic heterocycles. The van der Waals surface area contributed by atoms with E-state index in [1.807, 2.05) is 13.8 Å². The minimum Gasteiger partial charge on any atom is -0.461 e. The number of ketones is 1. The van der Waals surface area contributed by atoms with Crippen molar-refractivity contribution < 1.29 is 19.4 Å². The topological polar surface area (TPSA) is 63.6 Å². The summed E-state index contributed by atoms with van der Waals surface area (Å²) in [6.45, 7) is 5.57. The minimum atomic E-state index is -0.721. The number of rotatable bonds is 0. The van der Waals surface area contributed by atoms with Crippen LogP contribution in [0.3, 0.4) is 0 Å². The Kier molecular flexibility index (Phi) is 2.68. The van der Waals surface area contributed by atoms with Crippen LogP contribution in [0.15, 0.2) is 22.8 Å². The van der Waals surface area contributed by atoms with Gasteiger partial charge in [-0.25, -0.2) is 0 Å². The molecule has 3 aliphatic rings. The third-order valence-electron chi connectivity index (χ3n) is 4.77. The number of esters is 1. The van der Waals surface area contributed by atoms with E-state index in [-0.39, 0.29) is 35.6 Å². The predicted molar refractivity (Wildman–Crippen MR) is 68.1 cm³/mol. The number of hydrogen-bond donors (Lipinski definition) is 1. The second-order valence-electron chi connectivity index (χ2n) is 5.96. The highest BCUT2D eigenvalue weighted by atomic mass is 16.6. The molecule has 3 rings (SSSR count). The highest BCUT2D eigenvalue weighted by Gasteiger charge is 2.52. The fourth-order valence-electron chi connectivity index (χ4n) is 3.81. The second-order valence-corrected chi connectivity index (χ2v) is 5.96. The Balaban J connectivity index is 2.08. The zero-order chi connectivity index (χ0) is 13.9. The Hall–Kier alpha value is -1.42. The maximum absolute atomic E-state index is 12.0. The van der Waals surface area contributed by atoms with Crippen molar-refractivity contribution in [1.82, 2.24) is 0 Å². The van der Waals surface area contributed by atoms with Gasteiger partial charge in [-0.2, -0.15) is 0 Å². The molecule has 0 amide bonds. The van der Waals surface area contributed by atoms with Gasteiger partial charge in [-0.3, -0.25) is 9.59 Å². The molecule has 5 atom stereocenters. The average Bonchev–Trinajstić information content (AvgIpc) is 2.72. The number of allylic oxidation sites excluding steroid dienone is 1. The summed E-state index contributed by atoms with van der Waals surface area (Å²) in [4.78, 5) is 23.8. The van der Waals surface area contributed by atoms with Crippen LogP contribution in [0, 0.1) is 17.8 Å². The summed E-state index contributed by atoms with van der Waals surface area (Å²) in [5.41, 5.74) is 2.54. The summed E-state index contributed by atoms with van der Waals surface area (Å²) in [6, 6.07) is 0. The zero-order valence-electron chi connectivity index (χ0n) is 11.3. The molecule has 19 heavy (non-hydrogen) atoms. The number of aliphatic hydroxyl groups excluding tert-OH is 1. The molecule has 4 nitrogen and oxygen atoms in total. The van der Waals surface area contributed by atoms with Crippen molar-refractivity contribution >= 4 is 11.8 Å². The van der Waals surface area contributed by atoms with Gasteiger partial charge in [-0.05, 0) is 19.9 Å². The summed E-state index contributed by atoms with van der Waals surface area (Å²) in [5.74, 6) is -1.04. The van der Waals surface area contributed by atoms with Crippen LogP contribution in [-0.4, -0.2) is 29.1 Å². The third-order valence-corrected chi connectivity index (χ3v) is 4.77. The van der Waals surface area contributed by atoms with Crippen molar-refractivity contribution in [2.24, 2.45) is 17.8 Å². The molecule has 1 saturated heterocycles. The average molecular weight is 262 g/mol. The molecule has 1 heterocycles. The Labute approximate surface area is 112 Å². The lowest BCUT2D eigenvalue weighted by Crippen LogP contribution is -2.36. The molecule has 0 aromatic rings. The smallest absolute Gasteiger partial charge is 0.309 e. The summed E-state index contributed by atoms with van der Waals surface area (Å²) in [6.07, 6.45) is 1.14. The van der Waals surface area contributed by atoms with Crippen molar-refractivity contribution in [2.75, 3.05) is 0 Å². The fourth-order valence-corrected chi connectivity index (χ4v) is 3.81. The van der Waals surface area contributed by atoms with Gasteiger partial charge in [0, 0.05) is 23.8 Å². The number of fused-ring (bicyclic) bond motifs is 2. The number of carbonyl (C=O) groups excluding carboxylic acids is 2. The van der Waals surface area contributed by atoms with Gasteiger partial charge >= 0.3 is 5.97 Å². The zero-order valence-corrected chi connectivity index (χ0v) is 11.3. The number of ether oxygens (including phenoxy) is 1. The standard InChI is InChI=1S/C15H18O4/c1-6-4-9(16)11-7(2)5-10-13(14(17)12(6)11)8(3)15(18)19-10/h4,8,10,12-14,17H,5H2,1-3H3. The van der Waals surface area contributed by atoms with Gasteiger partial charge in [-0.15, -0.1) is 0 Å². The normalized spacial score (nSPS) is 41.7. The second kappa shape index (κ2) is 4.04. The van der Waals surface area contributed by atoms with Crippen LogP contribution < -0.4 is 0 Å². The van der Waals surface area contributed by atoms with Crippen LogP contribution in [0.1, 0.15) is 27.2 Å². The van der Waals surface area contributed by atoms with Gasteiger partial charge in [0.1, 0.15) is 6.10 Å². The summed E-state index contributed by atoms with van der Waals surface area (Å²) < 4.78 is 5.37. The lowest BCUT2D eigenvalue weighted by molar-refractivity contribution is -0.143. The molecule has 0 aromatic heterocycles. The number of carbonyl (C=O) groups is 2. The molecule has 0 bridgehead atoms. The fraction of sp³-hybridized carbons (Fsp3) is 0.600. The Morgan fingerprint density at radius 1 is 1.32 bits per heavy atom. The summed E-state index contributed by atoms with van der Waals surface area (Å²) in [7, 11) is 0. The van der Waals surface area contributed by atoms with E-state index in [1.165, 1.54) is 0 Å². The largest absolute Gasteiger partial charge is 0.461 e. The van der Waals surface area contributed by atoms with E-state index >= 15 is 0 Å². The molecule has 0 aromatic carbocycles. The first-order valence-electron chi connectivity index (χ1n) is 6.72. The first-order chi connectivity index (χ1) is 8.91. The highest BCUT2D eigenvalue weighted by Crippen LogP contribution is 2.46. The van der Waals surface area contributed by atoms with E-state index in [0.717, 1.165) is 11.1 Å². The van der Waals surface area contributed by atoms with Crippen LogP contribution in [0.25, 0.3) is 0 Å². The number of aliphatic hydroxyl groups is 1. The van der Waals surface area contributed by atoms with Gasteiger partial charge in [0.2, 0.25) is 0 Å². The summed E-state index contributed by atoms with van der Waals surface area (Å²) >= 11 is 0. The quantitative estimate of drug-likeness (QED) is 0.670. The molecular weight excluding hydrogens is 244 g/mol. The highest BCUT2D eigenvalue weighted by molar-refractivity contribution is 6.08. The minimum absolute atomic E-state index is 0.00185. The Morgan fingerprint density at radius 3 is 2.68 bits per heavy atom. The SMILES string of the molecule is CC1=CC(=O)C2=C(C)CC3OC(=O)C(C)C3C(O)C12. The maximum atomic E-state index is 12.0. The molecule has 1 N–H and O–H groups in total. The predicted octanol–water partition coefficient (Wildman–Crippen LogP) is 1.39. The molecule has 1 fully saturated rings. The lowest BCUT2D eigenvalue weighted by Gasteiger charge is -2.27. The molecule has 4 heteroatoms. The van der Waals surface area contributed by atoms with Crippen molar-refractivity contribution in [1.29, 1.82) is 0 Å². The number of hydrogen-bond acceptors (Lipinski definition) is 4. The van der Waals surface area contributed by atoms with Crippen molar-refractivity contribution in [3.8, 4) is 0 Å². The van der Waals surface area contributed by atoms with E-state index < -0.39 is 6.10 Å². The van der Waals surface area contributed by atoms with Crippen LogP contribution in [-0.2, 0) is 14.3 Å². The van der Waals surface area contributed by atoms with Gasteiger partial charge in [0.25, 0.3) is 0 Å². The van der Waals surface area contributed by atoms with Crippen molar-refractivity contribution in [3.63, 3.8) is 0 Å². The first kappa shape index (κ1) is 12.6. The van der Waals surface area contributed by atoms with Crippen LogP contribution in [0.4, 0.5) is 0 Å². The van der Waals surface area contributed by atoms with Crippen LogP contribution >= 0.6 is 0 Å². The van der Waals surface area contributed by atoms with E-state index in [2.05, 4.69) is 0 Å². The monoisotopic (exact) mass is 262 g/mol. The molecule has 2 aliphatic carbocycles. The van der Waals surface area contributed by atoms with E-state index in [4.69, 9.17) is 4.74 Å². The molecular formula is C15H18O4. The van der Waals surface area contributed by atoms with Gasteiger partial charge in [0.15, 0.2) is 5.78 Å². The van der Waals surface area contributed by atoms with Gasteiger partial charge in [-0.1, -0.05) is 18.1 Å². The molecule has 0 spiro atoms. The summed E-state index contributed by atoms with van der Waals surface area (Å²) in [5, 5.41) is 10.7. The van der Waals surface area contributed by atoms with Crippen molar-refractivity contribution in [3.05, 3.63) is 22.8 Å². The van der Waals surface area contributed by atoms with Crippen LogP contribution in [0.5, 0.6) is 0 Å². The van der Waals surface area contributed by atoms with E-state index in [0.29, 0.717) is 12.0 Å². The molecule has 0 radical (unpaired) electrons. The lowest BCUT2D eigenvalue weighted by atomic mass is 9.79. The third kappa shape index (κ3) is 1.62. The van der Waals surface area contributed by atoms with E-state index in [1.54, 1.807) is 13.0 Å². The first-order valence-corrected chi connectivity index (χ1v) is 6.72. The van der Waals surface area contributed by atoms with Crippen molar-refractivity contribution in [2.45, 2.75) is 39.4 Å². The van der Waals surface area contributed by atoms with Crippen LogP contribution in [0.2, 0.25) is 0 Å². The molecule has 0 saturated carbocycles. The van der Waals surface area contributed by atoms with Gasteiger partial charge < -0.3 is 9.84 Å². The maximum Gasteiger partial charge on any atom is 0.309 e. The Bertz CT molecular complexity index is 528. The van der Waals surface area contributed by atoms with E-state index in [9.17, 15) is 14.7 Å². The Morgan fingerprint density at radius 2 is 2.00 bits per heavy atom.